The van der Waals surface area contributed by atoms with E-state index in [4.69, 9.17) is 4.42 Å². The van der Waals surface area contributed by atoms with E-state index in [1.165, 1.54) is 13.1 Å². The molecule has 3 rings (SSSR count). The average Bonchev–Trinajstić information content (AvgIpc) is 2.92. The molecule has 4 nitrogen and oxygen atoms in total. The smallest absolute Gasteiger partial charge is 0.408 e. The Balaban J connectivity index is 2.28. The first-order valence-electron chi connectivity index (χ1n) is 8.43. The summed E-state index contributed by atoms with van der Waals surface area (Å²) in [6.07, 6.45) is -10.3. The fraction of sp³-hybridized carbons (Fsp3) is 0.316. The summed E-state index contributed by atoms with van der Waals surface area (Å²) < 4.78 is 88.7. The van der Waals surface area contributed by atoms with E-state index in [2.05, 4.69) is 15.9 Å². The van der Waals surface area contributed by atoms with E-state index in [1.54, 1.807) is 0 Å². The molecular formula is C19H14BrF6NO3. The van der Waals surface area contributed by atoms with Crippen molar-refractivity contribution in [1.29, 1.82) is 0 Å². The van der Waals surface area contributed by atoms with Gasteiger partial charge in [-0.25, -0.2) is 4.79 Å². The lowest BCUT2D eigenvalue weighted by molar-refractivity contribution is -0.275. The summed E-state index contributed by atoms with van der Waals surface area (Å²) in [5, 5.41) is 10.8. The van der Waals surface area contributed by atoms with Crippen LogP contribution in [0.25, 0.3) is 11.1 Å². The molecule has 0 radical (unpaired) electrons. The Bertz CT molecular complexity index is 1160. The van der Waals surface area contributed by atoms with Crippen LogP contribution in [-0.4, -0.2) is 15.8 Å². The van der Waals surface area contributed by atoms with Crippen molar-refractivity contribution in [3.05, 3.63) is 68.1 Å². The molecule has 0 amide bonds. The topological polar surface area (TPSA) is 55.4 Å². The number of aryl methyl sites for hydroxylation is 1. The maximum absolute atomic E-state index is 14.1. The van der Waals surface area contributed by atoms with Crippen LogP contribution in [0.5, 0.6) is 0 Å². The third-order valence-corrected chi connectivity index (χ3v) is 5.57. The number of benzene rings is 2. The van der Waals surface area contributed by atoms with E-state index >= 15 is 0 Å². The Morgan fingerprint density at radius 3 is 2.27 bits per heavy atom. The Morgan fingerprint density at radius 2 is 1.70 bits per heavy atom. The number of aromatic nitrogens is 1. The van der Waals surface area contributed by atoms with Crippen molar-refractivity contribution in [3.63, 3.8) is 0 Å². The number of halogens is 7. The van der Waals surface area contributed by atoms with Crippen molar-refractivity contribution in [3.8, 4) is 0 Å². The van der Waals surface area contributed by atoms with Gasteiger partial charge in [0.25, 0.3) is 0 Å². The summed E-state index contributed by atoms with van der Waals surface area (Å²) in [5.41, 5.74) is -6.50. The number of oxazole rings is 1. The quantitative estimate of drug-likeness (QED) is 0.488. The first-order chi connectivity index (χ1) is 13.7. The minimum atomic E-state index is -5.33. The van der Waals surface area contributed by atoms with E-state index in [-0.39, 0.29) is 15.6 Å². The minimum Gasteiger partial charge on any atom is -0.408 e. The summed E-state index contributed by atoms with van der Waals surface area (Å²) in [4.78, 5) is 11.6. The summed E-state index contributed by atoms with van der Waals surface area (Å²) in [7, 11) is 1.25. The standard InChI is InChI=1S/C19H14BrF6NO3/c1-9(12-5-4-11(20)8-13(12)18(21,22)23)17(29,19(24,25)26)10-3-6-15-14(7-10)27(2)16(28)30-15/h3-9,29H,1-2H3/t9-,17-/m1/s1. The molecule has 0 spiro atoms. The Kier molecular flexibility index (Phi) is 5.35. The van der Waals surface area contributed by atoms with Crippen LogP contribution < -0.4 is 5.76 Å². The number of nitrogens with zero attached hydrogens (tertiary/aromatic N) is 1. The van der Waals surface area contributed by atoms with Crippen molar-refractivity contribution in [1.82, 2.24) is 4.57 Å². The predicted molar refractivity (Wildman–Crippen MR) is 99.0 cm³/mol. The van der Waals surface area contributed by atoms with Crippen LogP contribution in [0.15, 0.2) is 50.1 Å². The Hall–Kier alpha value is -2.27. The lowest BCUT2D eigenvalue weighted by atomic mass is 9.76. The van der Waals surface area contributed by atoms with Gasteiger partial charge < -0.3 is 9.52 Å². The van der Waals surface area contributed by atoms with E-state index in [0.717, 1.165) is 35.8 Å². The van der Waals surface area contributed by atoms with E-state index in [0.29, 0.717) is 6.07 Å². The molecule has 0 aliphatic rings. The van der Waals surface area contributed by atoms with Crippen molar-refractivity contribution in [2.24, 2.45) is 7.05 Å². The Morgan fingerprint density at radius 1 is 1.07 bits per heavy atom. The van der Waals surface area contributed by atoms with Gasteiger partial charge in [-0.2, -0.15) is 26.3 Å². The molecule has 0 aliphatic heterocycles. The third-order valence-electron chi connectivity index (χ3n) is 5.08. The molecule has 30 heavy (non-hydrogen) atoms. The van der Waals surface area contributed by atoms with Gasteiger partial charge in [-0.05, 0) is 35.4 Å². The molecule has 1 aromatic heterocycles. The first-order valence-corrected chi connectivity index (χ1v) is 9.23. The van der Waals surface area contributed by atoms with E-state index in [1.807, 2.05) is 0 Å². The van der Waals surface area contributed by atoms with E-state index < -0.39 is 46.3 Å². The monoisotopic (exact) mass is 497 g/mol. The fourth-order valence-electron chi connectivity index (χ4n) is 3.40. The molecule has 3 aromatic rings. The molecule has 0 aliphatic carbocycles. The molecule has 1 heterocycles. The number of aliphatic hydroxyl groups is 1. The van der Waals surface area contributed by atoms with Crippen LogP contribution in [0, 0.1) is 0 Å². The highest BCUT2D eigenvalue weighted by molar-refractivity contribution is 9.10. The molecule has 1 N–H and O–H groups in total. The summed E-state index contributed by atoms with van der Waals surface area (Å²) in [6, 6.07) is 5.53. The largest absolute Gasteiger partial charge is 0.422 e. The highest BCUT2D eigenvalue weighted by Crippen LogP contribution is 2.51. The number of fused-ring (bicyclic) bond motifs is 1. The molecule has 0 unspecified atom stereocenters. The van der Waals surface area contributed by atoms with E-state index in [9.17, 15) is 36.2 Å². The minimum absolute atomic E-state index is 0.0242. The summed E-state index contributed by atoms with van der Waals surface area (Å²) in [6.45, 7) is 0.866. The van der Waals surface area contributed by atoms with Gasteiger partial charge in [0.05, 0.1) is 11.1 Å². The molecule has 0 fully saturated rings. The highest BCUT2D eigenvalue weighted by Gasteiger charge is 2.59. The number of alkyl halides is 6. The summed E-state index contributed by atoms with van der Waals surface area (Å²) >= 11 is 2.88. The van der Waals surface area contributed by atoms with Crippen LogP contribution >= 0.6 is 15.9 Å². The van der Waals surface area contributed by atoms with Crippen LogP contribution in [0.3, 0.4) is 0 Å². The van der Waals surface area contributed by atoms with Gasteiger partial charge in [0.15, 0.2) is 11.2 Å². The van der Waals surface area contributed by atoms with Crippen molar-refractivity contribution in [2.75, 3.05) is 0 Å². The second-order valence-corrected chi connectivity index (χ2v) is 7.74. The van der Waals surface area contributed by atoms with Gasteiger partial charge in [-0.3, -0.25) is 4.57 Å². The van der Waals surface area contributed by atoms with Gasteiger partial charge in [-0.15, -0.1) is 0 Å². The van der Waals surface area contributed by atoms with Gasteiger partial charge >= 0.3 is 18.1 Å². The number of hydrogen-bond donors (Lipinski definition) is 1. The number of hydrogen-bond acceptors (Lipinski definition) is 3. The SMILES string of the molecule is C[C@H](c1ccc(Br)cc1C(F)(F)F)[C@@](O)(c1ccc2oc(=O)n(C)c2c1)C(F)(F)F. The summed E-state index contributed by atoms with van der Waals surface area (Å²) in [5.74, 6) is -2.87. The molecule has 2 aromatic carbocycles. The van der Waals surface area contributed by atoms with Crippen LogP contribution in [0.4, 0.5) is 26.3 Å². The van der Waals surface area contributed by atoms with Gasteiger partial charge in [0.1, 0.15) is 0 Å². The van der Waals surface area contributed by atoms with Crippen LogP contribution in [0.1, 0.15) is 29.5 Å². The molecule has 162 valence electrons. The molecule has 0 bridgehead atoms. The normalized spacial score (nSPS) is 15.9. The Labute approximate surface area is 173 Å². The van der Waals surface area contributed by atoms with Crippen LogP contribution in [-0.2, 0) is 18.8 Å². The predicted octanol–water partition coefficient (Wildman–Crippen LogP) is 5.47. The maximum atomic E-state index is 14.1. The van der Waals surface area contributed by atoms with Gasteiger partial charge in [0.2, 0.25) is 0 Å². The molecule has 11 heteroatoms. The van der Waals surface area contributed by atoms with Gasteiger partial charge in [-0.1, -0.05) is 35.0 Å². The average molecular weight is 498 g/mol. The molecule has 0 saturated heterocycles. The van der Waals surface area contributed by atoms with Gasteiger partial charge in [0, 0.05) is 17.4 Å². The lowest BCUT2D eigenvalue weighted by Gasteiger charge is -2.37. The molecule has 2 atom stereocenters. The zero-order chi connectivity index (χ0) is 22.6. The van der Waals surface area contributed by atoms with Crippen molar-refractivity contribution < 1.29 is 35.9 Å². The molecule has 0 saturated carbocycles. The fourth-order valence-corrected chi connectivity index (χ4v) is 3.76. The zero-order valence-electron chi connectivity index (χ0n) is 15.4. The third kappa shape index (κ3) is 3.53. The first kappa shape index (κ1) is 22.4. The maximum Gasteiger partial charge on any atom is 0.422 e. The zero-order valence-corrected chi connectivity index (χ0v) is 17.0. The lowest BCUT2D eigenvalue weighted by Crippen LogP contribution is -2.47. The molecular weight excluding hydrogens is 484 g/mol. The second-order valence-electron chi connectivity index (χ2n) is 6.82. The van der Waals surface area contributed by atoms with Crippen molar-refractivity contribution in [2.45, 2.75) is 30.8 Å². The number of rotatable bonds is 3. The van der Waals surface area contributed by atoms with Crippen molar-refractivity contribution >= 4 is 27.0 Å². The highest BCUT2D eigenvalue weighted by atomic mass is 79.9. The van der Waals surface area contributed by atoms with Crippen LogP contribution in [0.2, 0.25) is 0 Å². The second kappa shape index (κ2) is 7.16.